The molecular weight excluding hydrogens is 168 g/mol. The number of nitrogens with two attached hydrogens (primary N) is 2. The van der Waals surface area contributed by atoms with E-state index in [2.05, 4.69) is 10.2 Å². The van der Waals surface area contributed by atoms with Gasteiger partial charge in [-0.25, -0.2) is 0 Å². The van der Waals surface area contributed by atoms with Gasteiger partial charge in [0.25, 0.3) is 0 Å². The average molecular weight is 180 g/mol. The molecule has 0 saturated heterocycles. The molecule has 13 heavy (non-hydrogen) atoms. The Balaban J connectivity index is 2.86. The number of hydrogen-bond donors (Lipinski definition) is 2. The topological polar surface area (TPSA) is 89.9 Å². The molecule has 0 aromatic carbocycles. The third kappa shape index (κ3) is 2.62. The van der Waals surface area contributed by atoms with E-state index in [0.717, 1.165) is 5.71 Å². The summed E-state index contributed by atoms with van der Waals surface area (Å²) in [6.45, 7) is 1.95. The number of rotatable bonds is 3. The van der Waals surface area contributed by atoms with E-state index in [1.807, 2.05) is 13.0 Å². The zero-order valence-corrected chi connectivity index (χ0v) is 7.40. The van der Waals surface area contributed by atoms with E-state index in [1.54, 1.807) is 12.3 Å². The molecule has 5 nitrogen and oxygen atoms in total. The van der Waals surface area contributed by atoms with Gasteiger partial charge in [-0.05, 0) is 18.6 Å². The van der Waals surface area contributed by atoms with Gasteiger partial charge in [0.05, 0.1) is 6.26 Å². The Labute approximate surface area is 76.1 Å². The molecule has 0 aliphatic heterocycles. The fourth-order valence-electron chi connectivity index (χ4n) is 0.855. The summed E-state index contributed by atoms with van der Waals surface area (Å²) < 4.78 is 5.14. The van der Waals surface area contributed by atoms with E-state index in [0.29, 0.717) is 12.2 Å². The number of furan rings is 1. The van der Waals surface area contributed by atoms with Crippen LogP contribution in [0.4, 0.5) is 0 Å². The highest BCUT2D eigenvalue weighted by molar-refractivity contribution is 5.98. The van der Waals surface area contributed by atoms with Crippen LogP contribution in [0.5, 0.6) is 0 Å². The van der Waals surface area contributed by atoms with Gasteiger partial charge in [0.2, 0.25) is 5.96 Å². The fourth-order valence-corrected chi connectivity index (χ4v) is 0.855. The maximum atomic E-state index is 5.14. The van der Waals surface area contributed by atoms with Crippen LogP contribution in [0, 0.1) is 0 Å². The summed E-state index contributed by atoms with van der Waals surface area (Å²) in [7, 11) is 0. The van der Waals surface area contributed by atoms with Gasteiger partial charge in [0.15, 0.2) is 0 Å². The predicted molar refractivity (Wildman–Crippen MR) is 51.3 cm³/mol. The van der Waals surface area contributed by atoms with Gasteiger partial charge in [-0.1, -0.05) is 6.92 Å². The van der Waals surface area contributed by atoms with Crippen LogP contribution in [0.2, 0.25) is 0 Å². The summed E-state index contributed by atoms with van der Waals surface area (Å²) in [5, 5.41) is 7.40. The summed E-state index contributed by atoms with van der Waals surface area (Å²) in [5.41, 5.74) is 11.0. The lowest BCUT2D eigenvalue weighted by Gasteiger charge is -1.95. The summed E-state index contributed by atoms with van der Waals surface area (Å²) in [4.78, 5) is 0. The van der Waals surface area contributed by atoms with Gasteiger partial charge in [0, 0.05) is 0 Å². The Morgan fingerprint density at radius 1 is 1.46 bits per heavy atom. The molecule has 0 aliphatic carbocycles. The Bertz CT molecular complexity index is 309. The van der Waals surface area contributed by atoms with Crippen molar-refractivity contribution in [3.63, 3.8) is 0 Å². The lowest BCUT2D eigenvalue weighted by Crippen LogP contribution is -2.22. The fraction of sp³-hybridized carbons (Fsp3) is 0.250. The highest BCUT2D eigenvalue weighted by Gasteiger charge is 2.02. The molecule has 5 heteroatoms. The smallest absolute Gasteiger partial charge is 0.211 e. The van der Waals surface area contributed by atoms with Gasteiger partial charge in [0.1, 0.15) is 11.5 Å². The Morgan fingerprint density at radius 3 is 2.69 bits per heavy atom. The van der Waals surface area contributed by atoms with Crippen LogP contribution in [0.25, 0.3) is 0 Å². The number of nitrogens with zero attached hydrogens (tertiary/aromatic N) is 2. The molecule has 1 rings (SSSR count). The maximum Gasteiger partial charge on any atom is 0.211 e. The minimum Gasteiger partial charge on any atom is -0.463 e. The van der Waals surface area contributed by atoms with Crippen molar-refractivity contribution in [3.8, 4) is 0 Å². The highest BCUT2D eigenvalue weighted by Crippen LogP contribution is 2.05. The van der Waals surface area contributed by atoms with Crippen LogP contribution in [-0.4, -0.2) is 11.7 Å². The molecule has 0 spiro atoms. The minimum absolute atomic E-state index is 0.0579. The summed E-state index contributed by atoms with van der Waals surface area (Å²) >= 11 is 0. The minimum atomic E-state index is -0.0579. The summed E-state index contributed by atoms with van der Waals surface area (Å²) in [5.74, 6) is 0.630. The zero-order valence-electron chi connectivity index (χ0n) is 7.40. The van der Waals surface area contributed by atoms with Crippen LogP contribution in [0.1, 0.15) is 19.1 Å². The van der Waals surface area contributed by atoms with Crippen molar-refractivity contribution in [3.05, 3.63) is 24.2 Å². The molecular formula is C8H12N4O. The molecule has 1 aromatic rings. The summed E-state index contributed by atoms with van der Waals surface area (Å²) in [6.07, 6.45) is 2.29. The largest absolute Gasteiger partial charge is 0.463 e. The predicted octanol–water partition coefficient (Wildman–Crippen LogP) is 0.667. The molecule has 0 aliphatic rings. The molecule has 0 saturated carbocycles. The maximum absolute atomic E-state index is 5.14. The monoisotopic (exact) mass is 180 g/mol. The van der Waals surface area contributed by atoms with E-state index in [1.165, 1.54) is 0 Å². The van der Waals surface area contributed by atoms with E-state index >= 15 is 0 Å². The van der Waals surface area contributed by atoms with Gasteiger partial charge < -0.3 is 15.9 Å². The van der Waals surface area contributed by atoms with E-state index in [9.17, 15) is 0 Å². The molecule has 0 amide bonds. The first-order valence-corrected chi connectivity index (χ1v) is 3.93. The molecule has 70 valence electrons. The first kappa shape index (κ1) is 9.31. The van der Waals surface area contributed by atoms with Crippen LogP contribution in [0.3, 0.4) is 0 Å². The van der Waals surface area contributed by atoms with E-state index in [-0.39, 0.29) is 5.96 Å². The quantitative estimate of drug-likeness (QED) is 0.407. The molecule has 1 aromatic heterocycles. The van der Waals surface area contributed by atoms with Crippen molar-refractivity contribution in [2.45, 2.75) is 13.3 Å². The number of guanidine groups is 1. The first-order valence-electron chi connectivity index (χ1n) is 3.93. The van der Waals surface area contributed by atoms with E-state index < -0.39 is 0 Å². The molecule has 0 unspecified atom stereocenters. The van der Waals surface area contributed by atoms with Crippen LogP contribution in [-0.2, 0) is 0 Å². The van der Waals surface area contributed by atoms with Crippen molar-refractivity contribution < 1.29 is 4.42 Å². The Kier molecular flexibility index (Phi) is 3.08. The van der Waals surface area contributed by atoms with Gasteiger partial charge in [-0.2, -0.15) is 0 Å². The molecule has 4 N–H and O–H groups in total. The molecule has 0 bridgehead atoms. The third-order valence-electron chi connectivity index (χ3n) is 1.43. The Hall–Kier alpha value is -1.78. The van der Waals surface area contributed by atoms with Crippen molar-refractivity contribution in [1.29, 1.82) is 0 Å². The van der Waals surface area contributed by atoms with Crippen LogP contribution in [0.15, 0.2) is 33.0 Å². The normalized spacial score (nSPS) is 11.3. The second-order valence-corrected chi connectivity index (χ2v) is 2.40. The van der Waals surface area contributed by atoms with Crippen molar-refractivity contribution in [1.82, 2.24) is 0 Å². The second kappa shape index (κ2) is 4.30. The van der Waals surface area contributed by atoms with Crippen LogP contribution < -0.4 is 11.5 Å². The van der Waals surface area contributed by atoms with Crippen molar-refractivity contribution >= 4 is 11.7 Å². The first-order chi connectivity index (χ1) is 6.24. The molecule has 0 radical (unpaired) electrons. The van der Waals surface area contributed by atoms with Crippen molar-refractivity contribution in [2.75, 3.05) is 0 Å². The van der Waals surface area contributed by atoms with Gasteiger partial charge in [-0.3, -0.25) is 0 Å². The van der Waals surface area contributed by atoms with Gasteiger partial charge in [-0.15, -0.1) is 10.2 Å². The Morgan fingerprint density at radius 2 is 2.23 bits per heavy atom. The second-order valence-electron chi connectivity index (χ2n) is 2.40. The SMILES string of the molecule is CCC(=NN=C(N)N)c1ccco1. The lowest BCUT2D eigenvalue weighted by atomic mass is 10.2. The molecule has 0 atom stereocenters. The van der Waals surface area contributed by atoms with Crippen molar-refractivity contribution in [2.24, 2.45) is 21.7 Å². The third-order valence-corrected chi connectivity index (χ3v) is 1.43. The van der Waals surface area contributed by atoms with Crippen LogP contribution >= 0.6 is 0 Å². The standard InChI is InChI=1S/C8H12N4O/c1-2-6(11-12-8(9)10)7-4-3-5-13-7/h3-5H,2H2,1H3,(H4,9,10,12). The lowest BCUT2D eigenvalue weighted by molar-refractivity contribution is 0.555. The highest BCUT2D eigenvalue weighted by atomic mass is 16.3. The summed E-state index contributed by atoms with van der Waals surface area (Å²) in [6, 6.07) is 3.60. The zero-order chi connectivity index (χ0) is 9.68. The molecule has 0 fully saturated rings. The average Bonchev–Trinajstić information content (AvgIpc) is 2.58. The molecule has 1 heterocycles. The van der Waals surface area contributed by atoms with E-state index in [4.69, 9.17) is 15.9 Å². The number of hydrogen-bond acceptors (Lipinski definition) is 3. The van der Waals surface area contributed by atoms with Gasteiger partial charge >= 0.3 is 0 Å².